The van der Waals surface area contributed by atoms with Crippen LogP contribution in [0, 0.1) is 0 Å². The van der Waals surface area contributed by atoms with Crippen LogP contribution in [0.5, 0.6) is 0 Å². The van der Waals surface area contributed by atoms with Crippen molar-refractivity contribution in [3.8, 4) is 0 Å². The molecule has 1 aliphatic rings. The number of H-pyrrole nitrogens is 3. The van der Waals surface area contributed by atoms with Crippen molar-refractivity contribution in [3.05, 3.63) is 108 Å². The van der Waals surface area contributed by atoms with Gasteiger partial charge < -0.3 is 72.6 Å². The molecule has 0 radical (unpaired) electrons. The molecule has 7 rings (SSSR count). The molecule has 71 heavy (non-hydrogen) atoms. The van der Waals surface area contributed by atoms with Crippen LogP contribution in [0.2, 0.25) is 0 Å². The maximum atomic E-state index is 14.5. The van der Waals surface area contributed by atoms with Crippen LogP contribution in [0.15, 0.2) is 91.4 Å². The average Bonchev–Trinajstić information content (AvgIpc) is 4.18. The first kappa shape index (κ1) is 50.8. The van der Waals surface area contributed by atoms with Gasteiger partial charge in [-0.15, -0.1) is 0 Å². The standard InChI is InChI=1S/C49H56N10O12/c1-25(61)42(47(68)57-39(49(70)71)19-28-23-53-35-14-7-4-11-31(28)35)58-45(66)37(20-41(62)63)54-44(65)36(17-26-21-51-33-12-5-2-9-29(26)33)55-46(67)40-15-8-16-59(40)48(69)38(56-43(64)32(50)24-60)18-27-22-52-34-13-6-3-10-30(27)34/h2-7,9-14,21-23,25,32,36-40,42,51-53,60-61H,8,15-20,24,50H2,1H3,(H,54,65)(H,55,67)(H,56,64)(H,57,68)(H,58,66)(H,62,63)(H,70,71)/t25-,32+,36+,37+,38+,39+,40+,42+/m1/s1. The summed E-state index contributed by atoms with van der Waals surface area (Å²) in [6, 6.07) is 11.0. The van der Waals surface area contributed by atoms with Gasteiger partial charge in [-0.2, -0.15) is 0 Å². The predicted octanol–water partition coefficient (Wildman–Crippen LogP) is -0.167. The Morgan fingerprint density at radius 2 is 1.10 bits per heavy atom. The fourth-order valence-electron chi connectivity index (χ4n) is 8.88. The molecule has 8 atom stereocenters. The van der Waals surface area contributed by atoms with Crippen LogP contribution in [-0.2, 0) is 57.6 Å². The molecule has 0 unspecified atom stereocenters. The number of nitrogens with two attached hydrogens (primary N) is 1. The van der Waals surface area contributed by atoms with Crippen molar-refractivity contribution >= 4 is 80.1 Å². The van der Waals surface area contributed by atoms with Crippen LogP contribution in [-0.4, -0.2) is 149 Å². The van der Waals surface area contributed by atoms with Gasteiger partial charge >= 0.3 is 11.9 Å². The van der Waals surface area contributed by atoms with Crippen molar-refractivity contribution in [2.45, 2.75) is 93.8 Å². The Balaban J connectivity index is 1.10. The van der Waals surface area contributed by atoms with E-state index in [1.807, 2.05) is 24.3 Å². The fourth-order valence-corrected chi connectivity index (χ4v) is 8.88. The topological polar surface area (TPSA) is 354 Å². The zero-order valence-electron chi connectivity index (χ0n) is 38.5. The summed E-state index contributed by atoms with van der Waals surface area (Å²) in [6.07, 6.45) is 2.37. The number of carbonyl (C=O) groups excluding carboxylic acids is 6. The summed E-state index contributed by atoms with van der Waals surface area (Å²) in [5.41, 5.74) is 9.82. The highest BCUT2D eigenvalue weighted by Crippen LogP contribution is 2.25. The molecule has 14 N–H and O–H groups in total. The van der Waals surface area contributed by atoms with E-state index in [0.29, 0.717) is 39.4 Å². The van der Waals surface area contributed by atoms with Crippen LogP contribution in [0.25, 0.3) is 32.7 Å². The number of para-hydroxylation sites is 3. The Hall–Kier alpha value is -8.08. The normalized spacial score (nSPS) is 16.6. The molecular formula is C49H56N10O12. The third kappa shape index (κ3) is 12.0. The minimum atomic E-state index is -1.90. The van der Waals surface area contributed by atoms with Crippen LogP contribution >= 0.6 is 0 Å². The Kier molecular flexibility index (Phi) is 16.1. The monoisotopic (exact) mass is 976 g/mol. The zero-order valence-corrected chi connectivity index (χ0v) is 38.5. The predicted molar refractivity (Wildman–Crippen MR) is 257 cm³/mol. The number of aliphatic hydroxyl groups excluding tert-OH is 2. The highest BCUT2D eigenvalue weighted by Gasteiger charge is 2.41. The summed E-state index contributed by atoms with van der Waals surface area (Å²) in [5.74, 6) is -8.51. The number of amides is 6. The Labute approximate surface area is 405 Å². The highest BCUT2D eigenvalue weighted by atomic mass is 16.4. The van der Waals surface area contributed by atoms with E-state index in [4.69, 9.17) is 5.73 Å². The number of nitrogens with one attached hydrogen (secondary N) is 8. The minimum Gasteiger partial charge on any atom is -0.481 e. The van der Waals surface area contributed by atoms with Gasteiger partial charge in [-0.3, -0.25) is 33.6 Å². The number of carboxylic acids is 2. The van der Waals surface area contributed by atoms with Gasteiger partial charge in [0.1, 0.15) is 42.3 Å². The van der Waals surface area contributed by atoms with E-state index < -0.39 is 109 Å². The molecule has 1 saturated heterocycles. The summed E-state index contributed by atoms with van der Waals surface area (Å²) < 4.78 is 0. The first-order valence-electron chi connectivity index (χ1n) is 23.0. The number of benzene rings is 3. The van der Waals surface area contributed by atoms with Gasteiger partial charge in [0, 0.05) is 77.1 Å². The Morgan fingerprint density at radius 1 is 0.634 bits per heavy atom. The van der Waals surface area contributed by atoms with Crippen molar-refractivity contribution in [3.63, 3.8) is 0 Å². The van der Waals surface area contributed by atoms with Crippen molar-refractivity contribution < 1.29 is 58.8 Å². The second-order valence-electron chi connectivity index (χ2n) is 17.6. The van der Waals surface area contributed by atoms with E-state index in [0.717, 1.165) is 23.3 Å². The van der Waals surface area contributed by atoms with Crippen LogP contribution < -0.4 is 32.3 Å². The van der Waals surface area contributed by atoms with E-state index >= 15 is 0 Å². The molecule has 0 saturated carbocycles. The molecular weight excluding hydrogens is 921 g/mol. The molecule has 22 heteroatoms. The molecule has 6 aromatic rings. The van der Waals surface area contributed by atoms with E-state index in [2.05, 4.69) is 41.5 Å². The van der Waals surface area contributed by atoms with E-state index in [1.54, 1.807) is 67.1 Å². The first-order chi connectivity index (χ1) is 34.0. The molecule has 22 nitrogen and oxygen atoms in total. The smallest absolute Gasteiger partial charge is 0.326 e. The Morgan fingerprint density at radius 3 is 1.59 bits per heavy atom. The van der Waals surface area contributed by atoms with Gasteiger partial charge in [-0.05, 0) is 54.7 Å². The third-order valence-corrected chi connectivity index (χ3v) is 12.6. The molecule has 6 amide bonds. The lowest BCUT2D eigenvalue weighted by Crippen LogP contribution is -2.61. The summed E-state index contributed by atoms with van der Waals surface area (Å²) in [5, 5.41) is 54.8. The van der Waals surface area contributed by atoms with Crippen LogP contribution in [0.3, 0.4) is 0 Å². The SMILES string of the molecule is C[C@@H](O)[C@H](NC(=O)[C@H](CC(=O)O)NC(=O)[C@H](Cc1c[nH]c2ccccc12)NC(=O)[C@@H]1CCCN1C(=O)[C@H](Cc1c[nH]c2ccccc12)NC(=O)[C@@H](N)CO)C(=O)N[C@@H](Cc1c[nH]c2ccccc12)C(=O)O. The summed E-state index contributed by atoms with van der Waals surface area (Å²) in [4.78, 5) is 119. The lowest BCUT2D eigenvalue weighted by atomic mass is 10.0. The number of aromatic amines is 3. The summed E-state index contributed by atoms with van der Waals surface area (Å²) >= 11 is 0. The highest BCUT2D eigenvalue weighted by molar-refractivity contribution is 5.99. The van der Waals surface area contributed by atoms with Crippen molar-refractivity contribution in [2.75, 3.05) is 13.2 Å². The van der Waals surface area contributed by atoms with Crippen molar-refractivity contribution in [1.82, 2.24) is 46.4 Å². The van der Waals surface area contributed by atoms with E-state index in [9.17, 15) is 58.8 Å². The molecule has 0 bridgehead atoms. The number of carboxylic acid groups (broad SMARTS) is 2. The molecule has 3 aromatic carbocycles. The number of rotatable bonds is 22. The maximum absolute atomic E-state index is 14.5. The number of likely N-dealkylation sites (tertiary alicyclic amines) is 1. The number of nitrogens with zero attached hydrogens (tertiary/aromatic N) is 1. The minimum absolute atomic E-state index is 0.0150. The van der Waals surface area contributed by atoms with E-state index in [-0.39, 0.29) is 32.2 Å². The molecule has 1 fully saturated rings. The zero-order chi connectivity index (χ0) is 50.9. The molecule has 0 spiro atoms. The number of fused-ring (bicyclic) bond motifs is 3. The molecule has 1 aliphatic heterocycles. The number of hydrogen-bond donors (Lipinski definition) is 13. The van der Waals surface area contributed by atoms with Gasteiger partial charge in [0.25, 0.3) is 0 Å². The van der Waals surface area contributed by atoms with Crippen molar-refractivity contribution in [2.24, 2.45) is 5.73 Å². The number of aliphatic carboxylic acids is 2. The molecule has 0 aliphatic carbocycles. The Bertz CT molecular complexity index is 2940. The van der Waals surface area contributed by atoms with E-state index in [1.165, 1.54) is 4.90 Å². The summed E-state index contributed by atoms with van der Waals surface area (Å²) in [7, 11) is 0. The molecule has 4 heterocycles. The second-order valence-corrected chi connectivity index (χ2v) is 17.6. The van der Waals surface area contributed by atoms with Gasteiger partial charge in [0.05, 0.1) is 19.1 Å². The number of aromatic nitrogens is 3. The largest absolute Gasteiger partial charge is 0.481 e. The number of carbonyl (C=O) groups is 8. The van der Waals surface area contributed by atoms with Crippen LogP contribution in [0.1, 0.15) is 42.9 Å². The molecule has 3 aromatic heterocycles. The lowest BCUT2D eigenvalue weighted by Gasteiger charge is -2.30. The van der Waals surface area contributed by atoms with Crippen molar-refractivity contribution in [1.29, 1.82) is 0 Å². The maximum Gasteiger partial charge on any atom is 0.326 e. The van der Waals surface area contributed by atoms with Gasteiger partial charge in [-0.25, -0.2) is 4.79 Å². The van der Waals surface area contributed by atoms with Gasteiger partial charge in [-0.1, -0.05) is 54.6 Å². The first-order valence-corrected chi connectivity index (χ1v) is 23.0. The summed E-state index contributed by atoms with van der Waals surface area (Å²) in [6.45, 7) is 0.550. The van der Waals surface area contributed by atoms with Gasteiger partial charge in [0.2, 0.25) is 35.4 Å². The lowest BCUT2D eigenvalue weighted by molar-refractivity contribution is -0.144. The number of aliphatic hydroxyl groups is 2. The molecule has 374 valence electrons. The fraction of sp³-hybridized carbons (Fsp3) is 0.347. The number of hydrogen-bond acceptors (Lipinski definition) is 11. The quantitative estimate of drug-likeness (QED) is 0.0421. The van der Waals surface area contributed by atoms with Gasteiger partial charge in [0.15, 0.2) is 0 Å². The second kappa shape index (κ2) is 22.6. The third-order valence-electron chi connectivity index (χ3n) is 12.6. The van der Waals surface area contributed by atoms with Crippen LogP contribution in [0.4, 0.5) is 0 Å². The average molecular weight is 977 g/mol.